The predicted molar refractivity (Wildman–Crippen MR) is 58.1 cm³/mol. The third kappa shape index (κ3) is 1.97. The van der Waals surface area contributed by atoms with Gasteiger partial charge in [-0.2, -0.15) is 5.10 Å². The number of hydrazine groups is 1. The molecule has 0 unspecified atom stereocenters. The Hall–Kier alpha value is -1.88. The SMILES string of the molecule is Cc1ccnn1Cc1cccnc1NN. The number of nitrogens with one attached hydrogen (secondary N) is 1. The summed E-state index contributed by atoms with van der Waals surface area (Å²) in [6.45, 7) is 2.69. The number of pyridine rings is 1. The number of aromatic nitrogens is 3. The average molecular weight is 203 g/mol. The van der Waals surface area contributed by atoms with E-state index in [0.717, 1.165) is 11.3 Å². The summed E-state index contributed by atoms with van der Waals surface area (Å²) in [5.41, 5.74) is 4.71. The first-order valence-electron chi connectivity index (χ1n) is 4.70. The zero-order valence-electron chi connectivity index (χ0n) is 8.51. The summed E-state index contributed by atoms with van der Waals surface area (Å²) in [6, 6.07) is 5.82. The average Bonchev–Trinajstić information content (AvgIpc) is 2.65. The molecule has 78 valence electrons. The highest BCUT2D eigenvalue weighted by atomic mass is 15.3. The van der Waals surface area contributed by atoms with Crippen LogP contribution < -0.4 is 11.3 Å². The lowest BCUT2D eigenvalue weighted by Crippen LogP contribution is -2.13. The Kier molecular flexibility index (Phi) is 2.64. The van der Waals surface area contributed by atoms with Gasteiger partial charge in [-0.15, -0.1) is 0 Å². The molecule has 2 aromatic rings. The summed E-state index contributed by atoms with van der Waals surface area (Å²) in [7, 11) is 0. The standard InChI is InChI=1S/C10H13N5/c1-8-4-6-13-15(8)7-9-3-2-5-12-10(9)14-11/h2-6H,7,11H2,1H3,(H,12,14). The third-order valence-electron chi connectivity index (χ3n) is 2.28. The quantitative estimate of drug-likeness (QED) is 0.575. The lowest BCUT2D eigenvalue weighted by Gasteiger charge is -2.08. The van der Waals surface area contributed by atoms with Gasteiger partial charge in [0.15, 0.2) is 0 Å². The molecule has 0 amide bonds. The van der Waals surface area contributed by atoms with E-state index >= 15 is 0 Å². The first kappa shape index (κ1) is 9.67. The normalized spacial score (nSPS) is 10.3. The van der Waals surface area contributed by atoms with Crippen LogP contribution in [0, 0.1) is 6.92 Å². The summed E-state index contributed by atoms with van der Waals surface area (Å²) in [5, 5.41) is 4.21. The van der Waals surface area contributed by atoms with E-state index in [1.807, 2.05) is 29.8 Å². The largest absolute Gasteiger partial charge is 0.308 e. The van der Waals surface area contributed by atoms with Crippen molar-refractivity contribution in [3.8, 4) is 0 Å². The Morgan fingerprint density at radius 3 is 2.93 bits per heavy atom. The Labute approximate surface area is 87.9 Å². The predicted octanol–water partition coefficient (Wildman–Crippen LogP) is 0.920. The van der Waals surface area contributed by atoms with Crippen molar-refractivity contribution in [1.82, 2.24) is 14.8 Å². The van der Waals surface area contributed by atoms with Crippen molar-refractivity contribution in [3.63, 3.8) is 0 Å². The maximum Gasteiger partial charge on any atom is 0.144 e. The van der Waals surface area contributed by atoms with Crippen LogP contribution in [0.4, 0.5) is 5.82 Å². The number of nitrogens with zero attached hydrogens (tertiary/aromatic N) is 3. The number of anilines is 1. The Bertz CT molecular complexity index is 449. The molecule has 0 fully saturated rings. The van der Waals surface area contributed by atoms with Crippen molar-refractivity contribution in [2.45, 2.75) is 13.5 Å². The summed E-state index contributed by atoms with van der Waals surface area (Å²) in [4.78, 5) is 4.13. The minimum atomic E-state index is 0.673. The van der Waals surface area contributed by atoms with Crippen molar-refractivity contribution in [3.05, 3.63) is 41.9 Å². The second-order valence-electron chi connectivity index (χ2n) is 3.29. The maximum absolute atomic E-state index is 5.38. The highest BCUT2D eigenvalue weighted by molar-refractivity contribution is 5.42. The molecule has 0 aliphatic carbocycles. The molecular formula is C10H13N5. The van der Waals surface area contributed by atoms with E-state index in [2.05, 4.69) is 15.5 Å². The van der Waals surface area contributed by atoms with Crippen molar-refractivity contribution in [2.75, 3.05) is 5.43 Å². The van der Waals surface area contributed by atoms with Gasteiger partial charge in [-0.1, -0.05) is 6.07 Å². The molecule has 0 aliphatic heterocycles. The molecule has 0 radical (unpaired) electrons. The number of rotatable bonds is 3. The van der Waals surface area contributed by atoms with E-state index in [9.17, 15) is 0 Å². The Morgan fingerprint density at radius 2 is 2.27 bits per heavy atom. The monoisotopic (exact) mass is 203 g/mol. The van der Waals surface area contributed by atoms with Crippen LogP contribution >= 0.6 is 0 Å². The van der Waals surface area contributed by atoms with E-state index in [1.165, 1.54) is 0 Å². The van der Waals surface area contributed by atoms with E-state index in [1.54, 1.807) is 12.4 Å². The minimum absolute atomic E-state index is 0.673. The van der Waals surface area contributed by atoms with Crippen LogP contribution in [0.3, 0.4) is 0 Å². The number of hydrogen-bond acceptors (Lipinski definition) is 4. The van der Waals surface area contributed by atoms with Gasteiger partial charge in [0.05, 0.1) is 6.54 Å². The molecule has 5 heteroatoms. The van der Waals surface area contributed by atoms with Crippen molar-refractivity contribution < 1.29 is 0 Å². The molecule has 0 atom stereocenters. The zero-order valence-corrected chi connectivity index (χ0v) is 8.51. The molecule has 2 aromatic heterocycles. The van der Waals surface area contributed by atoms with Crippen LogP contribution in [-0.4, -0.2) is 14.8 Å². The van der Waals surface area contributed by atoms with Gasteiger partial charge in [0.2, 0.25) is 0 Å². The van der Waals surface area contributed by atoms with Crippen LogP contribution in [0.5, 0.6) is 0 Å². The molecule has 0 aromatic carbocycles. The van der Waals surface area contributed by atoms with Crippen LogP contribution in [-0.2, 0) is 6.54 Å². The third-order valence-corrected chi connectivity index (χ3v) is 2.28. The summed E-state index contributed by atoms with van der Waals surface area (Å²) >= 11 is 0. The molecule has 0 spiro atoms. The van der Waals surface area contributed by atoms with Gasteiger partial charge in [-0.25, -0.2) is 10.8 Å². The maximum atomic E-state index is 5.38. The van der Waals surface area contributed by atoms with Gasteiger partial charge in [0, 0.05) is 23.7 Å². The molecule has 0 saturated carbocycles. The van der Waals surface area contributed by atoms with Crippen molar-refractivity contribution in [2.24, 2.45) is 5.84 Å². The molecule has 0 saturated heterocycles. The summed E-state index contributed by atoms with van der Waals surface area (Å²) < 4.78 is 1.90. The zero-order chi connectivity index (χ0) is 10.7. The van der Waals surface area contributed by atoms with Gasteiger partial charge in [-0.05, 0) is 19.1 Å². The minimum Gasteiger partial charge on any atom is -0.308 e. The van der Waals surface area contributed by atoms with Gasteiger partial charge in [0.1, 0.15) is 5.82 Å². The van der Waals surface area contributed by atoms with E-state index < -0.39 is 0 Å². The van der Waals surface area contributed by atoms with E-state index in [-0.39, 0.29) is 0 Å². The molecule has 2 heterocycles. The van der Waals surface area contributed by atoms with Gasteiger partial charge in [0.25, 0.3) is 0 Å². The van der Waals surface area contributed by atoms with Crippen LogP contribution in [0.1, 0.15) is 11.3 Å². The highest BCUT2D eigenvalue weighted by Gasteiger charge is 2.04. The molecule has 2 rings (SSSR count). The second kappa shape index (κ2) is 4.10. The van der Waals surface area contributed by atoms with Gasteiger partial charge >= 0.3 is 0 Å². The lowest BCUT2D eigenvalue weighted by atomic mass is 10.2. The first-order chi connectivity index (χ1) is 7.31. The fourth-order valence-electron chi connectivity index (χ4n) is 1.42. The van der Waals surface area contributed by atoms with Gasteiger partial charge < -0.3 is 5.43 Å². The van der Waals surface area contributed by atoms with Crippen LogP contribution in [0.2, 0.25) is 0 Å². The highest BCUT2D eigenvalue weighted by Crippen LogP contribution is 2.12. The number of aryl methyl sites for hydroxylation is 1. The van der Waals surface area contributed by atoms with Crippen LogP contribution in [0.25, 0.3) is 0 Å². The molecule has 3 N–H and O–H groups in total. The fraction of sp³-hybridized carbons (Fsp3) is 0.200. The summed E-state index contributed by atoms with van der Waals surface area (Å²) in [6.07, 6.45) is 3.48. The lowest BCUT2D eigenvalue weighted by molar-refractivity contribution is 0.664. The van der Waals surface area contributed by atoms with Crippen molar-refractivity contribution in [1.29, 1.82) is 0 Å². The van der Waals surface area contributed by atoms with Crippen molar-refractivity contribution >= 4 is 5.82 Å². The number of nitrogen functional groups attached to an aromatic ring is 1. The molecule has 0 bridgehead atoms. The first-order valence-corrected chi connectivity index (χ1v) is 4.70. The van der Waals surface area contributed by atoms with Gasteiger partial charge in [-0.3, -0.25) is 4.68 Å². The van der Waals surface area contributed by atoms with E-state index in [0.29, 0.717) is 12.4 Å². The molecule has 0 aliphatic rings. The van der Waals surface area contributed by atoms with E-state index in [4.69, 9.17) is 5.84 Å². The smallest absolute Gasteiger partial charge is 0.144 e. The molecule has 5 nitrogen and oxygen atoms in total. The topological polar surface area (TPSA) is 68.8 Å². The molecular weight excluding hydrogens is 190 g/mol. The Morgan fingerprint density at radius 1 is 1.40 bits per heavy atom. The summed E-state index contributed by atoms with van der Waals surface area (Å²) in [5.74, 6) is 6.06. The number of hydrogen-bond donors (Lipinski definition) is 2. The van der Waals surface area contributed by atoms with Crippen LogP contribution in [0.15, 0.2) is 30.6 Å². The molecule has 15 heavy (non-hydrogen) atoms. The Balaban J connectivity index is 2.28. The second-order valence-corrected chi connectivity index (χ2v) is 3.29. The number of nitrogens with two attached hydrogens (primary N) is 1. The fourth-order valence-corrected chi connectivity index (χ4v) is 1.42.